The molecule has 6 aromatic rings. The normalized spacial score (nSPS) is 11.8. The van der Waals surface area contributed by atoms with Crippen LogP contribution < -0.4 is 11.1 Å². The van der Waals surface area contributed by atoms with Crippen LogP contribution in [0.25, 0.3) is 44.3 Å². The average molecular weight is 645 g/mol. The van der Waals surface area contributed by atoms with Crippen LogP contribution in [0.5, 0.6) is 0 Å². The summed E-state index contributed by atoms with van der Waals surface area (Å²) in [6, 6.07) is 16.8. The van der Waals surface area contributed by atoms with Crippen LogP contribution in [0.4, 0.5) is 17.6 Å². The number of nitrogens with two attached hydrogens (primary N) is 1. The lowest BCUT2D eigenvalue weighted by atomic mass is 10.0. The summed E-state index contributed by atoms with van der Waals surface area (Å²) in [5.74, 6) is -1.11. The Balaban J connectivity index is 0.000000189. The van der Waals surface area contributed by atoms with E-state index in [0.717, 1.165) is 5.52 Å². The van der Waals surface area contributed by atoms with E-state index in [1.165, 1.54) is 48.5 Å². The highest BCUT2D eigenvalue weighted by molar-refractivity contribution is 5.87. The molecule has 0 spiro atoms. The second kappa shape index (κ2) is 14.0. The molecular formula is C35H32F4N6O2. The van der Waals surface area contributed by atoms with Crippen molar-refractivity contribution in [3.05, 3.63) is 108 Å². The molecule has 47 heavy (non-hydrogen) atoms. The van der Waals surface area contributed by atoms with Crippen LogP contribution in [-0.4, -0.2) is 37.3 Å². The minimum atomic E-state index is -0.494. The molecule has 0 aliphatic carbocycles. The Hall–Kier alpha value is -5.36. The maximum Gasteiger partial charge on any atom is 0.234 e. The van der Waals surface area contributed by atoms with Crippen molar-refractivity contribution in [2.24, 2.45) is 5.73 Å². The largest absolute Gasteiger partial charge is 0.368 e. The van der Waals surface area contributed by atoms with Crippen LogP contribution in [0.2, 0.25) is 0 Å². The molecule has 4 aromatic carbocycles. The van der Waals surface area contributed by atoms with Gasteiger partial charge in [-0.15, -0.1) is 0 Å². The first kappa shape index (κ1) is 33.0. The molecule has 6 rings (SSSR count). The van der Waals surface area contributed by atoms with E-state index in [1.54, 1.807) is 35.8 Å². The number of rotatable bonds is 9. The van der Waals surface area contributed by atoms with Gasteiger partial charge in [0, 0.05) is 36.3 Å². The van der Waals surface area contributed by atoms with E-state index < -0.39 is 23.6 Å². The van der Waals surface area contributed by atoms with Crippen molar-refractivity contribution in [3.8, 4) is 22.3 Å². The minimum Gasteiger partial charge on any atom is -0.368 e. The summed E-state index contributed by atoms with van der Waals surface area (Å²) in [5.41, 5.74) is 9.58. The molecule has 0 saturated heterocycles. The zero-order valence-electron chi connectivity index (χ0n) is 25.9. The van der Waals surface area contributed by atoms with Crippen LogP contribution >= 0.6 is 0 Å². The first-order valence-corrected chi connectivity index (χ1v) is 14.9. The summed E-state index contributed by atoms with van der Waals surface area (Å²) >= 11 is 0. The smallest absolute Gasteiger partial charge is 0.234 e. The van der Waals surface area contributed by atoms with Crippen molar-refractivity contribution in [2.75, 3.05) is 0 Å². The van der Waals surface area contributed by atoms with E-state index >= 15 is 0 Å². The second-order valence-corrected chi connectivity index (χ2v) is 10.8. The zero-order valence-corrected chi connectivity index (χ0v) is 25.9. The highest BCUT2D eigenvalue weighted by Crippen LogP contribution is 2.30. The number of hydrogen-bond donors (Lipinski definition) is 2. The van der Waals surface area contributed by atoms with Gasteiger partial charge in [-0.3, -0.25) is 14.9 Å². The predicted octanol–water partition coefficient (Wildman–Crippen LogP) is 6.78. The van der Waals surface area contributed by atoms with Gasteiger partial charge < -0.3 is 14.9 Å². The number of benzene rings is 4. The highest BCUT2D eigenvalue weighted by atomic mass is 19.1. The number of imidazole rings is 2. The molecule has 0 bridgehead atoms. The van der Waals surface area contributed by atoms with Crippen LogP contribution in [0.1, 0.15) is 37.2 Å². The van der Waals surface area contributed by atoms with Crippen LogP contribution in [-0.2, 0) is 24.4 Å². The number of fused-ring (bicyclic) bond motifs is 2. The zero-order chi connectivity index (χ0) is 33.8. The Morgan fingerprint density at radius 3 is 1.70 bits per heavy atom. The number of carbonyl (C=O) groups is 2. The van der Waals surface area contributed by atoms with Gasteiger partial charge in [0.15, 0.2) is 12.1 Å². The monoisotopic (exact) mass is 644 g/mol. The van der Waals surface area contributed by atoms with Gasteiger partial charge in [-0.1, -0.05) is 24.3 Å². The maximum absolute atomic E-state index is 14.6. The Bertz CT molecular complexity index is 2070. The second-order valence-electron chi connectivity index (χ2n) is 10.8. The summed E-state index contributed by atoms with van der Waals surface area (Å²) < 4.78 is 58.6. The van der Waals surface area contributed by atoms with Gasteiger partial charge in [-0.25, -0.2) is 27.5 Å². The SMILES string of the molecule is CCn1c(C=O)nc2cc(F)c(-c3ccc(F)cc3)cc21.CCn1c(CN[C@@H](C)C(N)=O)nc2cc(F)c(-c3ccc(F)cc3)cc21. The number of halogens is 4. The van der Waals surface area contributed by atoms with Crippen LogP contribution in [0, 0.1) is 23.3 Å². The molecule has 0 saturated carbocycles. The molecule has 0 fully saturated rings. The van der Waals surface area contributed by atoms with Gasteiger partial charge in [0.1, 0.15) is 29.1 Å². The Labute approximate surface area is 267 Å². The highest BCUT2D eigenvalue weighted by Gasteiger charge is 2.17. The number of nitrogens with zero attached hydrogens (tertiary/aromatic N) is 4. The summed E-state index contributed by atoms with van der Waals surface area (Å²) in [6.07, 6.45) is 0.652. The molecule has 1 amide bonds. The van der Waals surface area contributed by atoms with Crippen molar-refractivity contribution < 1.29 is 27.2 Å². The van der Waals surface area contributed by atoms with Crippen molar-refractivity contribution in [3.63, 3.8) is 0 Å². The Morgan fingerprint density at radius 1 is 0.787 bits per heavy atom. The van der Waals surface area contributed by atoms with E-state index in [-0.39, 0.29) is 17.5 Å². The fourth-order valence-electron chi connectivity index (χ4n) is 5.32. The lowest BCUT2D eigenvalue weighted by molar-refractivity contribution is -0.119. The Kier molecular flexibility index (Phi) is 9.80. The summed E-state index contributed by atoms with van der Waals surface area (Å²) in [6.45, 7) is 7.04. The van der Waals surface area contributed by atoms with Crippen molar-refractivity contribution in [2.45, 2.75) is 46.4 Å². The number of primary amides is 1. The molecular weight excluding hydrogens is 612 g/mol. The van der Waals surface area contributed by atoms with E-state index in [4.69, 9.17) is 5.73 Å². The molecule has 3 N–H and O–H groups in total. The molecule has 8 nitrogen and oxygen atoms in total. The van der Waals surface area contributed by atoms with Gasteiger partial charge >= 0.3 is 0 Å². The molecule has 1 atom stereocenters. The van der Waals surface area contributed by atoms with E-state index in [9.17, 15) is 27.2 Å². The summed E-state index contributed by atoms with van der Waals surface area (Å²) in [4.78, 5) is 30.8. The van der Waals surface area contributed by atoms with Crippen molar-refractivity contribution in [1.29, 1.82) is 0 Å². The fourth-order valence-corrected chi connectivity index (χ4v) is 5.32. The number of hydrogen-bond acceptors (Lipinski definition) is 5. The molecule has 242 valence electrons. The first-order valence-electron chi connectivity index (χ1n) is 14.9. The molecule has 0 aliphatic rings. The van der Waals surface area contributed by atoms with Gasteiger partial charge in [-0.2, -0.15) is 0 Å². The summed E-state index contributed by atoms with van der Waals surface area (Å²) in [5, 5.41) is 3.01. The van der Waals surface area contributed by atoms with Crippen molar-refractivity contribution >= 4 is 34.3 Å². The number of carbonyl (C=O) groups excluding carboxylic acids is 2. The van der Waals surface area contributed by atoms with Crippen molar-refractivity contribution in [1.82, 2.24) is 24.4 Å². The van der Waals surface area contributed by atoms with Gasteiger partial charge in [0.25, 0.3) is 0 Å². The molecule has 0 radical (unpaired) electrons. The molecule has 0 unspecified atom stereocenters. The third-order valence-electron chi connectivity index (χ3n) is 7.82. The van der Waals surface area contributed by atoms with Gasteiger partial charge in [0.05, 0.1) is 34.7 Å². The number of aryl methyl sites for hydroxylation is 2. The predicted molar refractivity (Wildman–Crippen MR) is 172 cm³/mol. The van der Waals surface area contributed by atoms with Gasteiger partial charge in [0.2, 0.25) is 5.91 Å². The van der Waals surface area contributed by atoms with Crippen LogP contribution in [0.3, 0.4) is 0 Å². The number of amides is 1. The quantitative estimate of drug-likeness (QED) is 0.133. The maximum atomic E-state index is 14.6. The standard InChI is InChI=1S/C19H20F2N4O.C16H12F2N2O/c1-3-25-17-8-14(12-4-6-13(20)7-5-12)15(21)9-16(17)24-18(25)10-23-11(2)19(22)26;1-2-20-15-7-12(10-3-5-11(17)6-4-10)13(18)8-14(15)19-16(20)9-21/h4-9,11,23H,3,10H2,1-2H3,(H2,22,26);3-9H,2H2,1H3/t11-;/m0./s1. The summed E-state index contributed by atoms with van der Waals surface area (Å²) in [7, 11) is 0. The number of nitrogens with one attached hydrogen (secondary N) is 1. The molecule has 0 aliphatic heterocycles. The molecule has 2 heterocycles. The van der Waals surface area contributed by atoms with E-state index in [2.05, 4.69) is 15.3 Å². The van der Waals surface area contributed by atoms with Crippen LogP contribution in [0.15, 0.2) is 72.8 Å². The number of aldehydes is 1. The topological polar surface area (TPSA) is 108 Å². The first-order chi connectivity index (χ1) is 22.5. The third-order valence-corrected chi connectivity index (χ3v) is 7.82. The third kappa shape index (κ3) is 6.92. The van der Waals surface area contributed by atoms with Gasteiger partial charge in [-0.05, 0) is 68.3 Å². The molecule has 12 heteroatoms. The van der Waals surface area contributed by atoms with E-state index in [1.807, 2.05) is 18.4 Å². The minimum absolute atomic E-state index is 0.267. The lowest BCUT2D eigenvalue weighted by Crippen LogP contribution is -2.38. The Morgan fingerprint density at radius 2 is 1.26 bits per heavy atom. The fraction of sp³-hybridized carbons (Fsp3) is 0.200. The lowest BCUT2D eigenvalue weighted by Gasteiger charge is -2.11. The number of aromatic nitrogens is 4. The van der Waals surface area contributed by atoms with E-state index in [0.29, 0.717) is 70.5 Å². The average Bonchev–Trinajstić information content (AvgIpc) is 3.59. The molecule has 2 aromatic heterocycles.